The molecule has 18 heavy (non-hydrogen) atoms. The number of fused-ring (bicyclic) bond motifs is 1. The van der Waals surface area contributed by atoms with Crippen LogP contribution in [0.25, 0.3) is 0 Å². The first-order chi connectivity index (χ1) is 8.66. The summed E-state index contributed by atoms with van der Waals surface area (Å²) in [5.41, 5.74) is 2.47. The normalized spacial score (nSPS) is 23.4. The van der Waals surface area contributed by atoms with Crippen molar-refractivity contribution in [2.24, 2.45) is 0 Å². The highest BCUT2D eigenvalue weighted by Gasteiger charge is 2.35. The summed E-state index contributed by atoms with van der Waals surface area (Å²) in [7, 11) is 1.88. The zero-order valence-electron chi connectivity index (χ0n) is 10.5. The minimum atomic E-state index is 0.0234. The number of hydrogen-bond acceptors (Lipinski definition) is 2. The molecular weight excluding hydrogens is 248 g/mol. The van der Waals surface area contributed by atoms with Gasteiger partial charge in [0.2, 0.25) is 5.91 Å². The van der Waals surface area contributed by atoms with Crippen molar-refractivity contribution in [1.82, 2.24) is 4.90 Å². The van der Waals surface area contributed by atoms with Crippen molar-refractivity contribution >= 4 is 23.2 Å². The molecule has 3 rings (SSSR count). The third kappa shape index (κ3) is 1.87. The number of hydrogen-bond donors (Lipinski definition) is 0. The molecule has 4 heteroatoms. The maximum atomic E-state index is 12.1. The highest BCUT2D eigenvalue weighted by Crippen LogP contribution is 2.33. The number of nitrogens with zero attached hydrogens (tertiary/aromatic N) is 2. The fourth-order valence-electron chi connectivity index (χ4n) is 3.01. The number of anilines is 1. The molecule has 0 aliphatic carbocycles. The number of carbonyl (C=O) groups is 1. The summed E-state index contributed by atoms with van der Waals surface area (Å²) in [4.78, 5) is 16.2. The van der Waals surface area contributed by atoms with Crippen LogP contribution in [0.5, 0.6) is 0 Å². The van der Waals surface area contributed by atoms with Crippen molar-refractivity contribution in [2.75, 3.05) is 25.0 Å². The summed E-state index contributed by atoms with van der Waals surface area (Å²) in [5, 5.41) is 0.783. The first kappa shape index (κ1) is 11.8. The number of rotatable bonds is 1. The van der Waals surface area contributed by atoms with E-state index < -0.39 is 0 Å². The SMILES string of the molecule is CN1CC[C@@H](N2CCCc3cc(Cl)ccc32)C1=O. The Bertz CT molecular complexity index is 489. The molecule has 1 fully saturated rings. The van der Waals surface area contributed by atoms with Crippen molar-refractivity contribution in [3.8, 4) is 0 Å². The Morgan fingerprint density at radius 2 is 2.17 bits per heavy atom. The van der Waals surface area contributed by atoms with Crippen LogP contribution >= 0.6 is 11.6 Å². The van der Waals surface area contributed by atoms with E-state index in [-0.39, 0.29) is 11.9 Å². The van der Waals surface area contributed by atoms with Crippen LogP contribution in [0.4, 0.5) is 5.69 Å². The number of aryl methyl sites for hydroxylation is 1. The molecule has 2 aliphatic rings. The molecule has 3 nitrogen and oxygen atoms in total. The predicted octanol–water partition coefficient (Wildman–Crippen LogP) is 2.32. The standard InChI is InChI=1S/C14H17ClN2O/c1-16-8-6-13(14(16)18)17-7-2-3-10-9-11(15)4-5-12(10)17/h4-5,9,13H,2-3,6-8H2,1H3/t13-/m1/s1. The molecule has 1 aromatic rings. The molecule has 1 amide bonds. The van der Waals surface area contributed by atoms with Crippen LogP contribution in [0, 0.1) is 0 Å². The van der Waals surface area contributed by atoms with Gasteiger partial charge in [0.05, 0.1) is 0 Å². The van der Waals surface area contributed by atoms with Gasteiger partial charge in [-0.3, -0.25) is 4.79 Å². The van der Waals surface area contributed by atoms with Gasteiger partial charge < -0.3 is 9.80 Å². The Hall–Kier alpha value is -1.22. The van der Waals surface area contributed by atoms with Crippen LogP contribution in [0.1, 0.15) is 18.4 Å². The topological polar surface area (TPSA) is 23.6 Å². The molecule has 0 N–H and O–H groups in total. The molecular formula is C14H17ClN2O. The molecule has 1 aromatic carbocycles. The van der Waals surface area contributed by atoms with Crippen molar-refractivity contribution in [1.29, 1.82) is 0 Å². The van der Waals surface area contributed by atoms with Gasteiger partial charge in [-0.05, 0) is 43.0 Å². The molecule has 0 radical (unpaired) electrons. The van der Waals surface area contributed by atoms with Crippen LogP contribution < -0.4 is 4.90 Å². The van der Waals surface area contributed by atoms with Gasteiger partial charge in [-0.2, -0.15) is 0 Å². The van der Waals surface area contributed by atoms with Gasteiger partial charge >= 0.3 is 0 Å². The first-order valence-electron chi connectivity index (χ1n) is 6.47. The maximum Gasteiger partial charge on any atom is 0.245 e. The average Bonchev–Trinajstić information content (AvgIpc) is 2.69. The molecule has 1 saturated heterocycles. The maximum absolute atomic E-state index is 12.1. The van der Waals surface area contributed by atoms with Crippen molar-refractivity contribution in [2.45, 2.75) is 25.3 Å². The lowest BCUT2D eigenvalue weighted by atomic mass is 9.99. The molecule has 0 spiro atoms. The Morgan fingerprint density at radius 1 is 1.33 bits per heavy atom. The van der Waals surface area contributed by atoms with E-state index in [1.807, 2.05) is 24.1 Å². The average molecular weight is 265 g/mol. The van der Waals surface area contributed by atoms with Gasteiger partial charge in [-0.15, -0.1) is 0 Å². The zero-order chi connectivity index (χ0) is 12.7. The lowest BCUT2D eigenvalue weighted by molar-refractivity contribution is -0.127. The van der Waals surface area contributed by atoms with Crippen LogP contribution in [0.2, 0.25) is 5.02 Å². The molecule has 2 aliphatic heterocycles. The Kier molecular flexibility index (Phi) is 2.94. The number of likely N-dealkylation sites (N-methyl/N-ethyl adjacent to an activating group) is 1. The Morgan fingerprint density at radius 3 is 2.89 bits per heavy atom. The number of amides is 1. The Labute approximate surface area is 112 Å². The lowest BCUT2D eigenvalue weighted by Crippen LogP contribution is -2.43. The molecule has 0 saturated carbocycles. The smallest absolute Gasteiger partial charge is 0.245 e. The van der Waals surface area contributed by atoms with Crippen molar-refractivity contribution < 1.29 is 4.79 Å². The van der Waals surface area contributed by atoms with Gasteiger partial charge in [0.25, 0.3) is 0 Å². The molecule has 2 heterocycles. The van der Waals surface area contributed by atoms with Gasteiger partial charge in [0.15, 0.2) is 0 Å². The van der Waals surface area contributed by atoms with Crippen LogP contribution in [-0.2, 0) is 11.2 Å². The summed E-state index contributed by atoms with van der Waals surface area (Å²) in [6.07, 6.45) is 3.08. The molecule has 0 aromatic heterocycles. The van der Waals surface area contributed by atoms with E-state index in [0.29, 0.717) is 0 Å². The second-order valence-electron chi connectivity index (χ2n) is 5.13. The fourth-order valence-corrected chi connectivity index (χ4v) is 3.21. The minimum absolute atomic E-state index is 0.0234. The van der Waals surface area contributed by atoms with Crippen LogP contribution in [-0.4, -0.2) is 37.0 Å². The van der Waals surface area contributed by atoms with E-state index in [1.165, 1.54) is 11.3 Å². The van der Waals surface area contributed by atoms with E-state index in [0.717, 1.165) is 37.4 Å². The number of likely N-dealkylation sites (tertiary alicyclic amines) is 1. The fraction of sp³-hybridized carbons (Fsp3) is 0.500. The van der Waals surface area contributed by atoms with Crippen molar-refractivity contribution in [3.63, 3.8) is 0 Å². The third-order valence-electron chi connectivity index (χ3n) is 3.97. The van der Waals surface area contributed by atoms with Crippen LogP contribution in [0.3, 0.4) is 0 Å². The third-order valence-corrected chi connectivity index (χ3v) is 4.21. The second-order valence-corrected chi connectivity index (χ2v) is 5.57. The summed E-state index contributed by atoms with van der Waals surface area (Å²) < 4.78 is 0. The van der Waals surface area contributed by atoms with Gasteiger partial charge in [0, 0.05) is 30.8 Å². The molecule has 1 atom stereocenters. The second kappa shape index (κ2) is 4.47. The quantitative estimate of drug-likeness (QED) is 0.777. The first-order valence-corrected chi connectivity index (χ1v) is 6.84. The van der Waals surface area contributed by atoms with Crippen molar-refractivity contribution in [3.05, 3.63) is 28.8 Å². The van der Waals surface area contributed by atoms with E-state index in [1.54, 1.807) is 0 Å². The van der Waals surface area contributed by atoms with Gasteiger partial charge in [-0.25, -0.2) is 0 Å². The monoisotopic (exact) mass is 264 g/mol. The number of carbonyl (C=O) groups excluding carboxylic acids is 1. The van der Waals surface area contributed by atoms with Crippen LogP contribution in [0.15, 0.2) is 18.2 Å². The number of benzene rings is 1. The van der Waals surface area contributed by atoms with E-state index in [4.69, 9.17) is 11.6 Å². The van der Waals surface area contributed by atoms with Gasteiger partial charge in [-0.1, -0.05) is 11.6 Å². The lowest BCUT2D eigenvalue weighted by Gasteiger charge is -2.35. The van der Waals surface area contributed by atoms with Gasteiger partial charge in [0.1, 0.15) is 6.04 Å². The molecule has 96 valence electrons. The largest absolute Gasteiger partial charge is 0.359 e. The van der Waals surface area contributed by atoms with E-state index in [2.05, 4.69) is 11.0 Å². The molecule has 0 unspecified atom stereocenters. The summed E-state index contributed by atoms with van der Waals surface area (Å²) in [6.45, 7) is 1.84. The summed E-state index contributed by atoms with van der Waals surface area (Å²) >= 11 is 6.04. The number of halogens is 1. The molecule has 0 bridgehead atoms. The summed E-state index contributed by atoms with van der Waals surface area (Å²) in [5.74, 6) is 0.248. The highest BCUT2D eigenvalue weighted by atomic mass is 35.5. The zero-order valence-corrected chi connectivity index (χ0v) is 11.3. The van der Waals surface area contributed by atoms with E-state index >= 15 is 0 Å². The summed E-state index contributed by atoms with van der Waals surface area (Å²) in [6, 6.07) is 6.03. The van der Waals surface area contributed by atoms with E-state index in [9.17, 15) is 4.79 Å². The Balaban J connectivity index is 1.94. The highest BCUT2D eigenvalue weighted by molar-refractivity contribution is 6.30. The predicted molar refractivity (Wildman–Crippen MR) is 73.2 cm³/mol. The minimum Gasteiger partial charge on any atom is -0.359 e.